The minimum absolute atomic E-state index is 0. The van der Waals surface area contributed by atoms with Gasteiger partial charge in [-0.15, -0.1) is 0 Å². The first-order valence-electron chi connectivity index (χ1n) is 2.69. The Morgan fingerprint density at radius 3 is 2.42 bits per heavy atom. The van der Waals surface area contributed by atoms with Gasteiger partial charge in [-0.1, -0.05) is 0 Å². The number of rotatable bonds is 1. The minimum atomic E-state index is -0.112. The van der Waals surface area contributed by atoms with Crippen LogP contribution in [-0.2, 0) is 6.61 Å². The average Bonchev–Trinajstić information content (AvgIpc) is 1.95. The molecule has 0 radical (unpaired) electrons. The fourth-order valence-electron chi connectivity index (χ4n) is 0.553. The van der Waals surface area contributed by atoms with Gasteiger partial charge in [0.05, 0.1) is 12.3 Å². The molecule has 0 aliphatic carbocycles. The van der Waals surface area contributed by atoms with Gasteiger partial charge in [-0.2, -0.15) is 0 Å². The Bertz CT molecular complexity index is 246. The average molecular weight is 260 g/mol. The Kier molecular flexibility index (Phi) is 9.53. The number of aliphatic hydroxyl groups is 1. The normalized spacial score (nSPS) is 8.17. The molecule has 0 fully saturated rings. The Balaban J connectivity index is 0. The van der Waals surface area contributed by atoms with Crippen molar-refractivity contribution in [1.29, 1.82) is 0 Å². The molecule has 1 rings (SSSR count). The van der Waals surface area contributed by atoms with Crippen molar-refractivity contribution in [2.75, 3.05) is 0 Å². The number of nitrogens with zero attached hydrogens (tertiary/aromatic N) is 1. The number of aromatic hydroxyl groups is 1. The van der Waals surface area contributed by atoms with Crippen molar-refractivity contribution in [2.24, 2.45) is 0 Å². The van der Waals surface area contributed by atoms with E-state index in [-0.39, 0.29) is 69.2 Å². The van der Waals surface area contributed by atoms with E-state index in [1.165, 1.54) is 6.07 Å². The van der Waals surface area contributed by atoms with Crippen LogP contribution < -0.4 is 51.4 Å². The first kappa shape index (κ1) is 15.5. The maximum absolute atomic E-state index is 8.95. The molecule has 0 aromatic carbocycles. The van der Waals surface area contributed by atoms with Gasteiger partial charge >= 0.3 is 51.4 Å². The predicted octanol–water partition coefficient (Wildman–Crippen LogP) is -2.13. The Labute approximate surface area is 121 Å². The van der Waals surface area contributed by atoms with Crippen LogP contribution in [0.1, 0.15) is 5.69 Å². The molecule has 0 aliphatic heterocycles. The van der Waals surface area contributed by atoms with Gasteiger partial charge in [-0.05, 0) is 28.1 Å². The molecule has 1 aromatic heterocycles. The molecule has 0 amide bonds. The van der Waals surface area contributed by atoms with Crippen molar-refractivity contribution in [3.05, 3.63) is 22.4 Å². The summed E-state index contributed by atoms with van der Waals surface area (Å²) in [6.07, 6.45) is 0. The fourth-order valence-corrected chi connectivity index (χ4v) is 0.913. The second kappa shape index (κ2) is 7.40. The van der Waals surface area contributed by atoms with E-state index in [0.29, 0.717) is 10.3 Å². The molecule has 0 saturated heterocycles. The van der Waals surface area contributed by atoms with Gasteiger partial charge in [0.25, 0.3) is 0 Å². The van der Waals surface area contributed by atoms with Crippen LogP contribution in [0.3, 0.4) is 0 Å². The molecule has 12 heavy (non-hydrogen) atoms. The maximum atomic E-state index is 8.95. The van der Waals surface area contributed by atoms with E-state index in [0.717, 1.165) is 0 Å². The molecule has 62 valence electrons. The third kappa shape index (κ3) is 4.29. The Hall–Kier alpha value is 0.986. The van der Waals surface area contributed by atoms with E-state index in [2.05, 4.69) is 20.9 Å². The molecule has 0 unspecified atom stereocenters. The van der Waals surface area contributed by atoms with Gasteiger partial charge < -0.3 is 15.7 Å². The fraction of sp³-hybridized carbons (Fsp3) is 0.167. The van der Waals surface area contributed by atoms with Gasteiger partial charge in [0.2, 0.25) is 0 Å². The molecule has 3 N–H and O–H groups in total. The molecular formula is C6H7BrKNO3. The van der Waals surface area contributed by atoms with Crippen molar-refractivity contribution in [3.63, 3.8) is 0 Å². The van der Waals surface area contributed by atoms with Crippen LogP contribution in [0.5, 0.6) is 5.75 Å². The zero-order valence-electron chi connectivity index (χ0n) is 6.53. The zero-order chi connectivity index (χ0) is 7.56. The quantitative estimate of drug-likeness (QED) is 0.446. The predicted molar refractivity (Wildman–Crippen MR) is 41.5 cm³/mol. The summed E-state index contributed by atoms with van der Waals surface area (Å²) in [6, 6.07) is 3.03. The molecule has 0 atom stereocenters. The molecule has 1 aromatic rings. The van der Waals surface area contributed by atoms with E-state index in [9.17, 15) is 0 Å². The number of pyridine rings is 1. The van der Waals surface area contributed by atoms with Crippen molar-refractivity contribution in [2.45, 2.75) is 6.61 Å². The topological polar surface area (TPSA) is 83.3 Å². The summed E-state index contributed by atoms with van der Waals surface area (Å²) in [5.41, 5.74) is 0.532. The van der Waals surface area contributed by atoms with Crippen LogP contribution in [-0.4, -0.2) is 20.7 Å². The van der Waals surface area contributed by atoms with Gasteiger partial charge in [0.1, 0.15) is 10.4 Å². The number of hydrogen-bond acceptors (Lipinski definition) is 4. The van der Waals surface area contributed by atoms with Crippen LogP contribution in [0.25, 0.3) is 0 Å². The molecule has 4 nitrogen and oxygen atoms in total. The van der Waals surface area contributed by atoms with Gasteiger partial charge in [0, 0.05) is 0 Å². The zero-order valence-corrected chi connectivity index (χ0v) is 11.2. The van der Waals surface area contributed by atoms with Crippen LogP contribution >= 0.6 is 15.9 Å². The number of halogens is 1. The number of aliphatic hydroxyl groups excluding tert-OH is 1. The first-order valence-corrected chi connectivity index (χ1v) is 3.48. The first-order chi connectivity index (χ1) is 4.74. The van der Waals surface area contributed by atoms with E-state index in [1.807, 2.05) is 0 Å². The van der Waals surface area contributed by atoms with Crippen LogP contribution in [0, 0.1) is 0 Å². The molecule has 0 spiro atoms. The van der Waals surface area contributed by atoms with E-state index < -0.39 is 0 Å². The van der Waals surface area contributed by atoms with Gasteiger partial charge in [-0.25, -0.2) is 4.98 Å². The largest absolute Gasteiger partial charge is 1.00 e. The van der Waals surface area contributed by atoms with E-state index in [4.69, 9.17) is 10.2 Å². The minimum Gasteiger partial charge on any atom is -0.870 e. The van der Waals surface area contributed by atoms with Crippen LogP contribution in [0.4, 0.5) is 0 Å². The van der Waals surface area contributed by atoms with E-state index >= 15 is 0 Å². The smallest absolute Gasteiger partial charge is 0.870 e. The van der Waals surface area contributed by atoms with Gasteiger partial charge in [0.15, 0.2) is 0 Å². The van der Waals surface area contributed by atoms with Crippen LogP contribution in [0.2, 0.25) is 0 Å². The Morgan fingerprint density at radius 2 is 2.00 bits per heavy atom. The summed E-state index contributed by atoms with van der Waals surface area (Å²) in [6.45, 7) is -0.112. The van der Waals surface area contributed by atoms with Gasteiger partial charge in [-0.3, -0.25) is 0 Å². The molecule has 0 aliphatic rings. The third-order valence-corrected chi connectivity index (χ3v) is 1.63. The molecule has 0 bridgehead atoms. The van der Waals surface area contributed by atoms with E-state index in [1.54, 1.807) is 6.07 Å². The summed E-state index contributed by atoms with van der Waals surface area (Å²) in [5, 5.41) is 17.5. The van der Waals surface area contributed by atoms with Crippen molar-refractivity contribution in [1.82, 2.24) is 4.98 Å². The monoisotopic (exact) mass is 259 g/mol. The molecular weight excluding hydrogens is 253 g/mol. The third-order valence-electron chi connectivity index (χ3n) is 1.05. The summed E-state index contributed by atoms with van der Waals surface area (Å²) in [7, 11) is 0. The van der Waals surface area contributed by atoms with Crippen molar-refractivity contribution in [3.8, 4) is 5.75 Å². The summed E-state index contributed by atoms with van der Waals surface area (Å²) < 4.78 is 0.360. The maximum Gasteiger partial charge on any atom is 1.00 e. The summed E-state index contributed by atoms with van der Waals surface area (Å²) >= 11 is 3.01. The number of hydrogen-bond donors (Lipinski definition) is 2. The SMILES string of the molecule is OCc1ccc(O)c(Br)n1.[K+].[OH-]. The number of aromatic nitrogens is 1. The molecule has 6 heteroatoms. The summed E-state index contributed by atoms with van der Waals surface area (Å²) in [4.78, 5) is 3.81. The summed E-state index contributed by atoms with van der Waals surface area (Å²) in [5.74, 6) is 0.0807. The van der Waals surface area contributed by atoms with Crippen LogP contribution in [0.15, 0.2) is 16.7 Å². The standard InChI is InChI=1S/C6H6BrNO2.K.H2O/c7-6-5(10)2-1-4(3-9)8-6;;/h1-2,9-10H,3H2;;1H2/q;+1;/p-1. The molecule has 0 saturated carbocycles. The molecule has 1 heterocycles. The Morgan fingerprint density at radius 1 is 1.42 bits per heavy atom. The second-order valence-electron chi connectivity index (χ2n) is 1.77. The van der Waals surface area contributed by atoms with Crippen molar-refractivity contribution >= 4 is 15.9 Å². The second-order valence-corrected chi connectivity index (χ2v) is 2.52. The van der Waals surface area contributed by atoms with Crippen molar-refractivity contribution < 1.29 is 67.1 Å².